The normalized spacial score (nSPS) is 14.5. The van der Waals surface area contributed by atoms with Crippen molar-refractivity contribution >= 4 is 19.7 Å². The molecule has 0 aliphatic heterocycles. The van der Waals surface area contributed by atoms with Gasteiger partial charge in [0.1, 0.15) is 19.3 Å². The van der Waals surface area contributed by atoms with Gasteiger partial charge in [-0.1, -0.05) is 240 Å². The Labute approximate surface area is 461 Å². The van der Waals surface area contributed by atoms with Crippen molar-refractivity contribution < 1.29 is 37.3 Å². The monoisotopic (exact) mass is 1070 g/mol. The van der Waals surface area contributed by atoms with Crippen LogP contribution in [-0.2, 0) is 27.9 Å². The molecule has 0 heterocycles. The molecule has 0 rings (SSSR count). The largest absolute Gasteiger partial charge is 0.472 e. The lowest BCUT2D eigenvalue weighted by Crippen LogP contribution is -2.47. The molecule has 0 spiro atoms. The molecule has 9 nitrogen and oxygen atoms in total. The molecule has 2 N–H and O–H groups in total. The Bertz CT molecular complexity index is 1650. The third-order valence-electron chi connectivity index (χ3n) is 12.8. The third-order valence-corrected chi connectivity index (χ3v) is 13.8. The van der Waals surface area contributed by atoms with Gasteiger partial charge in [-0.3, -0.25) is 18.6 Å². The zero-order chi connectivity index (χ0) is 55.0. The summed E-state index contributed by atoms with van der Waals surface area (Å²) in [6.07, 6.45) is 73.6. The molecule has 0 aromatic heterocycles. The highest BCUT2D eigenvalue weighted by atomic mass is 31.2. The lowest BCUT2D eigenvalue weighted by atomic mass is 10.0. The van der Waals surface area contributed by atoms with Crippen LogP contribution in [0.3, 0.4) is 0 Å². The van der Waals surface area contributed by atoms with Crippen molar-refractivity contribution in [3.63, 3.8) is 0 Å². The first-order valence-corrected chi connectivity index (χ1v) is 31.7. The van der Waals surface area contributed by atoms with Gasteiger partial charge in [-0.05, 0) is 96.0 Å². The summed E-state index contributed by atoms with van der Waals surface area (Å²) in [5.41, 5.74) is 0. The lowest BCUT2D eigenvalue weighted by Gasteiger charge is -2.27. The number of phosphoric ester groups is 1. The predicted molar refractivity (Wildman–Crippen MR) is 323 cm³/mol. The van der Waals surface area contributed by atoms with Gasteiger partial charge < -0.3 is 19.4 Å². The number of allylic oxidation sites excluding steroid dienone is 17. The quantitative estimate of drug-likeness (QED) is 0.0156. The number of ether oxygens (including phenoxy) is 1. The number of amides is 1. The highest BCUT2D eigenvalue weighted by molar-refractivity contribution is 7.47. The zero-order valence-electron chi connectivity index (χ0n) is 49.0. The second-order valence-electron chi connectivity index (χ2n) is 21.2. The van der Waals surface area contributed by atoms with Crippen LogP contribution in [0.2, 0.25) is 0 Å². The molecule has 0 saturated carbocycles. The number of phosphoric acid groups is 1. The molecule has 0 aliphatic carbocycles. The van der Waals surface area contributed by atoms with Crippen molar-refractivity contribution in [1.29, 1.82) is 0 Å². The Morgan fingerprint density at radius 1 is 0.493 bits per heavy atom. The molecule has 0 fully saturated rings. The third kappa shape index (κ3) is 55.2. The van der Waals surface area contributed by atoms with Crippen molar-refractivity contribution in [3.05, 3.63) is 109 Å². The first-order chi connectivity index (χ1) is 36.4. The van der Waals surface area contributed by atoms with Crippen LogP contribution >= 0.6 is 7.82 Å². The van der Waals surface area contributed by atoms with Crippen LogP contribution in [0.1, 0.15) is 239 Å². The van der Waals surface area contributed by atoms with E-state index in [1.54, 1.807) is 0 Å². The molecule has 0 saturated heterocycles. The SMILES string of the molecule is CC/C=C\C/C=C\C/C=C\C/C=C\C/C=C\CCCCCCCC(=O)NC(COP(=O)(O)OCC[N+](C)(C)C)C(/C=C\CCCCCCCCCCCCC)OC(=O)CCCCCCCCC/C=C/C=C/C=C/CC. The molecule has 3 atom stereocenters. The fourth-order valence-corrected chi connectivity index (χ4v) is 8.88. The number of quaternary nitrogens is 1. The van der Waals surface area contributed by atoms with E-state index in [4.69, 9.17) is 13.8 Å². The van der Waals surface area contributed by atoms with Gasteiger partial charge in [0, 0.05) is 12.8 Å². The van der Waals surface area contributed by atoms with Gasteiger partial charge in [-0.2, -0.15) is 0 Å². The van der Waals surface area contributed by atoms with Crippen LogP contribution in [0.15, 0.2) is 109 Å². The molecule has 0 bridgehead atoms. The Kier molecular flexibility index (Phi) is 51.6. The van der Waals surface area contributed by atoms with Crippen LogP contribution < -0.4 is 5.32 Å². The van der Waals surface area contributed by atoms with E-state index in [1.807, 2.05) is 33.3 Å². The molecule has 10 heteroatoms. The average Bonchev–Trinajstić information content (AvgIpc) is 3.37. The smallest absolute Gasteiger partial charge is 0.456 e. The summed E-state index contributed by atoms with van der Waals surface area (Å²) in [6.45, 7) is 6.73. The van der Waals surface area contributed by atoms with Gasteiger partial charge in [-0.25, -0.2) is 4.57 Å². The fraction of sp³-hybridized carbons (Fsp3) is 0.692. The van der Waals surface area contributed by atoms with Crippen molar-refractivity contribution in [2.24, 2.45) is 0 Å². The lowest BCUT2D eigenvalue weighted by molar-refractivity contribution is -0.870. The minimum Gasteiger partial charge on any atom is -0.456 e. The molecule has 430 valence electrons. The maximum Gasteiger partial charge on any atom is 0.472 e. The predicted octanol–water partition coefficient (Wildman–Crippen LogP) is 18.6. The van der Waals surface area contributed by atoms with Crippen molar-refractivity contribution in [1.82, 2.24) is 5.32 Å². The minimum absolute atomic E-state index is 0.0283. The topological polar surface area (TPSA) is 111 Å². The summed E-state index contributed by atoms with van der Waals surface area (Å²) in [4.78, 5) is 37.7. The van der Waals surface area contributed by atoms with E-state index in [-0.39, 0.29) is 31.5 Å². The summed E-state index contributed by atoms with van der Waals surface area (Å²) in [5.74, 6) is -0.547. The maximum absolute atomic E-state index is 13.5. The van der Waals surface area contributed by atoms with E-state index in [0.29, 0.717) is 17.4 Å². The van der Waals surface area contributed by atoms with Crippen LogP contribution in [0.5, 0.6) is 0 Å². The highest BCUT2D eigenvalue weighted by Gasteiger charge is 2.30. The van der Waals surface area contributed by atoms with E-state index >= 15 is 0 Å². The van der Waals surface area contributed by atoms with Crippen molar-refractivity contribution in [2.45, 2.75) is 251 Å². The van der Waals surface area contributed by atoms with Crippen LogP contribution in [-0.4, -0.2) is 74.3 Å². The molecule has 0 aliphatic rings. The summed E-state index contributed by atoms with van der Waals surface area (Å²) in [5, 5.41) is 3.04. The molecule has 75 heavy (non-hydrogen) atoms. The number of hydrogen-bond donors (Lipinski definition) is 2. The molecule has 0 aromatic rings. The Morgan fingerprint density at radius 2 is 0.920 bits per heavy atom. The molecule has 0 aromatic carbocycles. The number of esters is 1. The number of hydrogen-bond acceptors (Lipinski definition) is 6. The maximum atomic E-state index is 13.5. The Morgan fingerprint density at radius 3 is 1.43 bits per heavy atom. The average molecular weight is 1070 g/mol. The number of nitrogens with one attached hydrogen (secondary N) is 1. The number of nitrogens with zero attached hydrogens (tertiary/aromatic N) is 1. The van der Waals surface area contributed by atoms with Gasteiger partial charge in [0.25, 0.3) is 0 Å². The Hall–Kier alpha value is -3.33. The van der Waals surface area contributed by atoms with E-state index in [0.717, 1.165) is 128 Å². The summed E-state index contributed by atoms with van der Waals surface area (Å²) >= 11 is 0. The van der Waals surface area contributed by atoms with Gasteiger partial charge in [0.2, 0.25) is 5.91 Å². The second kappa shape index (κ2) is 54.0. The molecule has 0 radical (unpaired) electrons. The van der Waals surface area contributed by atoms with Crippen molar-refractivity contribution in [3.8, 4) is 0 Å². The summed E-state index contributed by atoms with van der Waals surface area (Å²) in [6, 6.07) is -0.871. The van der Waals surface area contributed by atoms with E-state index in [1.165, 1.54) is 77.0 Å². The number of carbonyl (C=O) groups excluding carboxylic acids is 2. The molecular weight excluding hydrogens is 952 g/mol. The second-order valence-corrected chi connectivity index (χ2v) is 22.6. The van der Waals surface area contributed by atoms with Gasteiger partial charge >= 0.3 is 13.8 Å². The number of unbranched alkanes of at least 4 members (excludes halogenated alkanes) is 23. The molecule has 3 unspecified atom stereocenters. The molecular formula is C65H114N2O7P+. The van der Waals surface area contributed by atoms with E-state index < -0.39 is 20.0 Å². The Balaban J connectivity index is 5.36. The van der Waals surface area contributed by atoms with Crippen LogP contribution in [0.25, 0.3) is 0 Å². The summed E-state index contributed by atoms with van der Waals surface area (Å²) < 4.78 is 30.7. The van der Waals surface area contributed by atoms with Gasteiger partial charge in [0.05, 0.1) is 33.8 Å². The zero-order valence-corrected chi connectivity index (χ0v) is 49.9. The number of likely N-dealkylation sites (N-methyl/N-ethyl adjacent to an activating group) is 1. The molecule has 1 amide bonds. The number of rotatable bonds is 53. The van der Waals surface area contributed by atoms with E-state index in [9.17, 15) is 19.0 Å². The minimum atomic E-state index is -4.46. The van der Waals surface area contributed by atoms with E-state index in [2.05, 4.69) is 123 Å². The summed E-state index contributed by atoms with van der Waals surface area (Å²) in [7, 11) is 1.46. The highest BCUT2D eigenvalue weighted by Crippen LogP contribution is 2.43. The van der Waals surface area contributed by atoms with Gasteiger partial charge in [0.15, 0.2) is 0 Å². The van der Waals surface area contributed by atoms with Crippen molar-refractivity contribution in [2.75, 3.05) is 40.9 Å². The number of carbonyl (C=O) groups is 2. The standard InChI is InChI=1S/C65H113N2O7P/c1-7-10-13-16-19-22-25-28-30-31-32-33-34-35-37-39-42-45-48-51-54-57-64(68)66-62(61-73-75(70,71)72-60-59-67(4,5)6)63(56-53-50-47-44-41-38-27-24-21-18-15-12-9-3)74-65(69)58-55-52-49-46-43-40-36-29-26-23-20-17-14-11-8-2/h10-11,13-14,17,19-20,22-23,26,28,30,32-33,35,37,53,56,62-63H,7-9,12,15-16,18,21,24-25,27,29,31,34,36,38-52,54-55,57-61H2,1-6H3,(H-,66,68,70,71)/p+1/b13-10-,14-11+,20-17+,22-19-,26-23+,30-28-,33-32-,37-35-,56-53-. The first-order valence-electron chi connectivity index (χ1n) is 30.2. The fourth-order valence-electron chi connectivity index (χ4n) is 8.14. The van der Waals surface area contributed by atoms with Gasteiger partial charge in [-0.15, -0.1) is 0 Å². The van der Waals surface area contributed by atoms with Crippen LogP contribution in [0.4, 0.5) is 0 Å². The first kappa shape index (κ1) is 71.7. The van der Waals surface area contributed by atoms with Crippen LogP contribution in [0, 0.1) is 0 Å².